The topological polar surface area (TPSA) is 3.24 Å². The smallest absolute Gasteiger partial charge is 0.0604 e. The lowest BCUT2D eigenvalue weighted by molar-refractivity contribution is -0.0441. The van der Waals surface area contributed by atoms with Gasteiger partial charge in [0.25, 0.3) is 0 Å². The van der Waals surface area contributed by atoms with E-state index < -0.39 is 0 Å². The van der Waals surface area contributed by atoms with Gasteiger partial charge in [0, 0.05) is 20.9 Å². The predicted octanol–water partition coefficient (Wildman–Crippen LogP) is 13.4. The summed E-state index contributed by atoms with van der Waals surface area (Å²) in [6.07, 6.45) is 9.38. The highest BCUT2D eigenvalue weighted by molar-refractivity contribution is 7.99. The molecular formula is C48H49NS. The Labute approximate surface area is 303 Å². The summed E-state index contributed by atoms with van der Waals surface area (Å²) in [5, 5.41) is 0. The van der Waals surface area contributed by atoms with E-state index in [0.29, 0.717) is 11.8 Å². The molecule has 0 aromatic heterocycles. The minimum absolute atomic E-state index is 0.0333. The lowest BCUT2D eigenvalue weighted by Crippen LogP contribution is -2.57. The van der Waals surface area contributed by atoms with Crippen molar-refractivity contribution in [3.8, 4) is 11.1 Å². The molecule has 1 spiro atoms. The van der Waals surface area contributed by atoms with Gasteiger partial charge in [-0.05, 0) is 143 Å². The molecule has 4 bridgehead atoms. The normalized spacial score (nSPS) is 27.8. The monoisotopic (exact) mass is 671 g/mol. The molecule has 6 aliphatic rings. The molecule has 4 saturated carbocycles. The Morgan fingerprint density at radius 3 is 1.84 bits per heavy atom. The van der Waals surface area contributed by atoms with Crippen LogP contribution in [-0.2, 0) is 16.2 Å². The van der Waals surface area contributed by atoms with Crippen LogP contribution in [0.5, 0.6) is 0 Å². The largest absolute Gasteiger partial charge is 0.309 e. The van der Waals surface area contributed by atoms with Crippen LogP contribution >= 0.6 is 11.8 Å². The second kappa shape index (κ2) is 11.1. The van der Waals surface area contributed by atoms with E-state index in [1.54, 1.807) is 11.1 Å². The van der Waals surface area contributed by atoms with Gasteiger partial charge in [-0.25, -0.2) is 0 Å². The first kappa shape index (κ1) is 31.0. The number of para-hydroxylation sites is 1. The van der Waals surface area contributed by atoms with Crippen LogP contribution in [0.2, 0.25) is 0 Å². The quantitative estimate of drug-likeness (QED) is 0.187. The molecule has 2 heteroatoms. The summed E-state index contributed by atoms with van der Waals surface area (Å²) in [5.74, 6) is 3.18. The van der Waals surface area contributed by atoms with Gasteiger partial charge in [-0.15, -0.1) is 0 Å². The molecule has 1 nitrogen and oxygen atoms in total. The molecule has 5 aromatic rings. The molecule has 0 atom stereocenters. The average molecular weight is 672 g/mol. The molecule has 0 saturated heterocycles. The number of hydrogen-bond donors (Lipinski definition) is 0. The summed E-state index contributed by atoms with van der Waals surface area (Å²) < 4.78 is 0. The van der Waals surface area contributed by atoms with Crippen molar-refractivity contribution in [2.24, 2.45) is 23.7 Å². The van der Waals surface area contributed by atoms with Crippen molar-refractivity contribution in [1.82, 2.24) is 0 Å². The Morgan fingerprint density at radius 1 is 0.540 bits per heavy atom. The van der Waals surface area contributed by atoms with Gasteiger partial charge >= 0.3 is 0 Å². The highest BCUT2D eigenvalue weighted by Crippen LogP contribution is 2.71. The maximum absolute atomic E-state index is 2.66. The van der Waals surface area contributed by atoms with Crippen LogP contribution in [0.4, 0.5) is 17.1 Å². The third kappa shape index (κ3) is 4.39. The van der Waals surface area contributed by atoms with Crippen molar-refractivity contribution in [3.05, 3.63) is 138 Å². The number of nitrogens with zero attached hydrogens (tertiary/aromatic N) is 1. The van der Waals surface area contributed by atoms with Gasteiger partial charge < -0.3 is 4.90 Å². The molecule has 252 valence electrons. The van der Waals surface area contributed by atoms with Crippen molar-refractivity contribution in [1.29, 1.82) is 0 Å². The van der Waals surface area contributed by atoms with E-state index in [1.165, 1.54) is 94.1 Å². The molecule has 50 heavy (non-hydrogen) atoms. The van der Waals surface area contributed by atoms with Crippen LogP contribution < -0.4 is 4.90 Å². The molecule has 1 aliphatic heterocycles. The third-order valence-corrected chi connectivity index (χ3v) is 15.1. The number of fused-ring (bicyclic) bond motifs is 3. The summed E-state index contributed by atoms with van der Waals surface area (Å²) in [7, 11) is 0. The lowest BCUT2D eigenvalue weighted by atomic mass is 9.41. The Morgan fingerprint density at radius 2 is 1.14 bits per heavy atom. The van der Waals surface area contributed by atoms with Gasteiger partial charge in [-0.2, -0.15) is 0 Å². The second-order valence-corrected chi connectivity index (χ2v) is 18.7. The first-order valence-corrected chi connectivity index (χ1v) is 20.1. The molecule has 0 unspecified atom stereocenters. The van der Waals surface area contributed by atoms with Crippen LogP contribution in [-0.4, -0.2) is 0 Å². The van der Waals surface area contributed by atoms with Gasteiger partial charge in [0.15, 0.2) is 0 Å². The van der Waals surface area contributed by atoms with Crippen molar-refractivity contribution < 1.29 is 0 Å². The lowest BCUT2D eigenvalue weighted by Gasteiger charge is -2.63. The summed E-state index contributed by atoms with van der Waals surface area (Å²) >= 11 is 2.05. The zero-order chi connectivity index (χ0) is 33.8. The molecule has 11 rings (SSSR count). The minimum atomic E-state index is 0.0333. The summed E-state index contributed by atoms with van der Waals surface area (Å²) in [4.78, 5) is 5.61. The van der Waals surface area contributed by atoms with Crippen molar-refractivity contribution >= 4 is 28.8 Å². The molecule has 1 heterocycles. The number of hydrogen-bond acceptors (Lipinski definition) is 2. The fraction of sp³-hybridized carbons (Fsp3) is 0.375. The fourth-order valence-electron chi connectivity index (χ4n) is 11.9. The maximum atomic E-state index is 2.66. The van der Waals surface area contributed by atoms with E-state index in [2.05, 4.69) is 148 Å². The van der Waals surface area contributed by atoms with Crippen LogP contribution in [0.3, 0.4) is 0 Å². The minimum Gasteiger partial charge on any atom is -0.309 e. The van der Waals surface area contributed by atoms with E-state index in [9.17, 15) is 0 Å². The Bertz CT molecular complexity index is 2080. The molecule has 5 aromatic carbocycles. The summed E-state index contributed by atoms with van der Waals surface area (Å²) in [6.45, 7) is 9.87. The van der Waals surface area contributed by atoms with Crippen LogP contribution in [0, 0.1) is 23.7 Å². The Kier molecular flexibility index (Phi) is 6.90. The van der Waals surface area contributed by atoms with Gasteiger partial charge in [-0.3, -0.25) is 0 Å². The second-order valence-electron chi connectivity index (χ2n) is 17.6. The van der Waals surface area contributed by atoms with E-state index in [1.807, 2.05) is 11.8 Å². The van der Waals surface area contributed by atoms with Crippen molar-refractivity contribution in [2.45, 2.75) is 98.7 Å². The number of anilines is 3. The van der Waals surface area contributed by atoms with E-state index in [-0.39, 0.29) is 16.2 Å². The van der Waals surface area contributed by atoms with Gasteiger partial charge in [0.2, 0.25) is 0 Å². The molecule has 0 N–H and O–H groups in total. The standard InChI is InChI=1S/C48H49NS/c1-46(2)24-25-47(3,4)44-38(46)19-12-21-40(44)49(36-16-9-6-10-17-36)41-22-13-20-39-45(41)50-42-23-11-18-37(33-14-7-5-8-15-33)43(42)48(39)34-27-31-26-32(29-34)30-35(48)28-31/h5-23,31-32,34-35H,24-30H2,1-4H3. The van der Waals surface area contributed by atoms with E-state index >= 15 is 0 Å². The summed E-state index contributed by atoms with van der Waals surface area (Å²) in [5.41, 5.74) is 13.3. The molecule has 5 aliphatic carbocycles. The van der Waals surface area contributed by atoms with E-state index in [4.69, 9.17) is 0 Å². The zero-order valence-electron chi connectivity index (χ0n) is 30.1. The summed E-state index contributed by atoms with van der Waals surface area (Å²) in [6, 6.07) is 44.4. The van der Waals surface area contributed by atoms with Crippen molar-refractivity contribution in [2.75, 3.05) is 4.90 Å². The van der Waals surface area contributed by atoms with E-state index in [0.717, 1.165) is 11.8 Å². The van der Waals surface area contributed by atoms with Crippen molar-refractivity contribution in [3.63, 3.8) is 0 Å². The fourth-order valence-corrected chi connectivity index (χ4v) is 13.3. The molecular weight excluding hydrogens is 623 g/mol. The SMILES string of the molecule is CC1(C)CCC(C)(C)c2c(N(c3ccccc3)c3cccc4c3Sc3cccc(-c5ccccc5)c3C43C4CC5CC(C4)CC3C5)cccc21. The first-order chi connectivity index (χ1) is 24.3. The van der Waals surface area contributed by atoms with Gasteiger partial charge in [0.05, 0.1) is 11.4 Å². The predicted molar refractivity (Wildman–Crippen MR) is 210 cm³/mol. The zero-order valence-corrected chi connectivity index (χ0v) is 30.9. The highest BCUT2D eigenvalue weighted by atomic mass is 32.2. The maximum Gasteiger partial charge on any atom is 0.0604 e. The van der Waals surface area contributed by atoms with Gasteiger partial charge in [0.1, 0.15) is 0 Å². The highest BCUT2D eigenvalue weighted by Gasteiger charge is 2.61. The van der Waals surface area contributed by atoms with Crippen LogP contribution in [0.15, 0.2) is 125 Å². The first-order valence-electron chi connectivity index (χ1n) is 19.2. The third-order valence-electron chi connectivity index (χ3n) is 13.9. The molecule has 0 radical (unpaired) electrons. The Hall–Kier alpha value is -3.75. The number of benzene rings is 5. The number of rotatable bonds is 4. The molecule has 4 fully saturated rings. The van der Waals surface area contributed by atoms with Gasteiger partial charge in [-0.1, -0.05) is 124 Å². The van der Waals surface area contributed by atoms with Crippen LogP contribution in [0.25, 0.3) is 11.1 Å². The Balaban J connectivity index is 1.26. The van der Waals surface area contributed by atoms with Crippen LogP contribution in [0.1, 0.15) is 94.9 Å². The molecule has 0 amide bonds. The average Bonchev–Trinajstić information content (AvgIpc) is 3.12.